The third-order valence-corrected chi connectivity index (χ3v) is 1.54. The van der Waals surface area contributed by atoms with Gasteiger partial charge in [-0.1, -0.05) is 6.92 Å². The van der Waals surface area contributed by atoms with Crippen LogP contribution in [-0.2, 0) is 9.36 Å². The Hall–Kier alpha value is -0.180. The van der Waals surface area contributed by atoms with Crippen molar-refractivity contribution in [2.75, 3.05) is 0 Å². The third-order valence-electron chi connectivity index (χ3n) is 0.608. The molecule has 0 radical (unpaired) electrons. The van der Waals surface area contributed by atoms with Gasteiger partial charge in [0.1, 0.15) is 0 Å². The van der Waals surface area contributed by atoms with Crippen LogP contribution in [0.25, 0.3) is 0 Å². The quantitative estimate of drug-likeness (QED) is 0.448. The summed E-state index contributed by atoms with van der Waals surface area (Å²) in [5, 5.41) is 0. The molecule has 0 atom stereocenters. The van der Waals surface area contributed by atoms with Crippen LogP contribution in [0.2, 0.25) is 0 Å². The topological polar surface area (TPSA) is 80.3 Å². The van der Waals surface area contributed by atoms with Gasteiger partial charge in [-0.05, 0) is 0 Å². The van der Waals surface area contributed by atoms with Crippen LogP contribution in [0.1, 0.15) is 13.3 Å². The van der Waals surface area contributed by atoms with E-state index >= 15 is 0 Å². The monoisotopic (exact) mass is 136 g/mol. The van der Waals surface area contributed by atoms with Gasteiger partial charge in [0.05, 0.1) is 0 Å². The van der Waals surface area contributed by atoms with Crippen LogP contribution in [-0.4, -0.2) is 5.52 Å². The molecule has 0 aromatic heterocycles. The van der Waals surface area contributed by atoms with Gasteiger partial charge in [-0.3, -0.25) is 4.79 Å². The molecule has 8 heavy (non-hydrogen) atoms. The van der Waals surface area contributed by atoms with Crippen molar-refractivity contribution in [3.8, 4) is 0 Å². The number of hydrogen-bond acceptors (Lipinski definition) is 4. The van der Waals surface area contributed by atoms with E-state index in [1.807, 2.05) is 0 Å². The van der Waals surface area contributed by atoms with Crippen LogP contribution in [0.5, 0.6) is 0 Å². The summed E-state index contributed by atoms with van der Waals surface area (Å²) >= 11 is 0. The second kappa shape index (κ2) is 2.40. The lowest BCUT2D eigenvalue weighted by molar-refractivity contribution is -0.310. The zero-order valence-corrected chi connectivity index (χ0v) is 5.18. The van der Waals surface area contributed by atoms with Gasteiger partial charge in [-0.15, -0.1) is 0 Å². The van der Waals surface area contributed by atoms with Crippen molar-refractivity contribution in [3.63, 3.8) is 0 Å². The highest BCUT2D eigenvalue weighted by molar-refractivity contribution is 7.67. The first-order chi connectivity index (χ1) is 3.48. The van der Waals surface area contributed by atoms with E-state index in [1.165, 1.54) is 6.92 Å². The largest absolute Gasteiger partial charge is 0.805 e. The maximum Gasteiger partial charge on any atom is 0.162 e. The summed E-state index contributed by atoms with van der Waals surface area (Å²) < 4.78 is 9.68. The van der Waals surface area contributed by atoms with Crippen molar-refractivity contribution in [1.29, 1.82) is 0 Å². The molecule has 0 N–H and O–H groups in total. The van der Waals surface area contributed by atoms with E-state index in [4.69, 9.17) is 0 Å². The van der Waals surface area contributed by atoms with Crippen molar-refractivity contribution in [2.45, 2.75) is 13.3 Å². The van der Waals surface area contributed by atoms with Crippen molar-refractivity contribution in [3.05, 3.63) is 0 Å². The van der Waals surface area contributed by atoms with Gasteiger partial charge in [0.2, 0.25) is 0 Å². The summed E-state index contributed by atoms with van der Waals surface area (Å²) in [6.07, 6.45) is -0.232. The van der Waals surface area contributed by atoms with Crippen molar-refractivity contribution < 1.29 is 19.1 Å². The summed E-state index contributed by atoms with van der Waals surface area (Å²) in [7, 11) is -4.90. The van der Waals surface area contributed by atoms with Crippen LogP contribution in [0.15, 0.2) is 0 Å². The van der Waals surface area contributed by atoms with Gasteiger partial charge in [0, 0.05) is 14.0 Å². The Bertz CT molecular complexity index is 134. The van der Waals surface area contributed by atoms with Crippen molar-refractivity contribution >= 4 is 13.1 Å². The number of rotatable bonds is 2. The molecule has 48 valence electrons. The second-order valence-corrected chi connectivity index (χ2v) is 2.74. The number of carbonyl (C=O) groups excluding carboxylic acids is 1. The van der Waals surface area contributed by atoms with Crippen molar-refractivity contribution in [2.24, 2.45) is 0 Å². The fraction of sp³-hybridized carbons (Fsp3) is 0.667. The highest BCUT2D eigenvalue weighted by atomic mass is 31.2. The Labute approximate surface area is 46.7 Å². The van der Waals surface area contributed by atoms with E-state index in [9.17, 15) is 19.1 Å². The second-order valence-electron chi connectivity index (χ2n) is 1.24. The summed E-state index contributed by atoms with van der Waals surface area (Å²) in [5.74, 6) is 0. The van der Waals surface area contributed by atoms with Crippen LogP contribution in [0.3, 0.4) is 0 Å². The molecule has 0 fully saturated rings. The lowest BCUT2D eigenvalue weighted by Crippen LogP contribution is -2.20. The summed E-state index contributed by atoms with van der Waals surface area (Å²) in [5.41, 5.74) is -1.22. The van der Waals surface area contributed by atoms with Crippen LogP contribution in [0.4, 0.5) is 0 Å². The average Bonchev–Trinajstić information content (AvgIpc) is 1.62. The Kier molecular flexibility index (Phi) is 2.34. The predicted octanol–water partition coefficient (Wildman–Crippen LogP) is -1.16. The molecule has 0 bridgehead atoms. The van der Waals surface area contributed by atoms with Gasteiger partial charge in [0.25, 0.3) is 0 Å². The molecule has 4 nitrogen and oxygen atoms in total. The molecule has 0 aromatic carbocycles. The molecule has 0 aliphatic rings. The van der Waals surface area contributed by atoms with E-state index in [0.717, 1.165) is 0 Å². The maximum absolute atomic E-state index is 9.95. The first kappa shape index (κ1) is 7.82. The first-order valence-corrected chi connectivity index (χ1v) is 3.58. The molecule has 0 unspecified atom stereocenters. The standard InChI is InChI=1S/C3H7O4P/c1-2-3(4)8(5,6)7/h2H2,1H3,(H2,5,6,7)/p-2. The Morgan fingerprint density at radius 3 is 2.00 bits per heavy atom. The summed E-state index contributed by atoms with van der Waals surface area (Å²) in [6.45, 7) is 1.32. The Morgan fingerprint density at radius 1 is 1.62 bits per heavy atom. The van der Waals surface area contributed by atoms with E-state index < -0.39 is 13.1 Å². The number of hydrogen-bond donors (Lipinski definition) is 0. The molecule has 0 saturated heterocycles. The lowest BCUT2D eigenvalue weighted by Gasteiger charge is -2.26. The zero-order valence-electron chi connectivity index (χ0n) is 4.29. The first-order valence-electron chi connectivity index (χ1n) is 2.04. The van der Waals surface area contributed by atoms with E-state index in [0.29, 0.717) is 0 Å². The van der Waals surface area contributed by atoms with Gasteiger partial charge < -0.3 is 14.4 Å². The summed E-state index contributed by atoms with van der Waals surface area (Å²) in [4.78, 5) is 29.3. The van der Waals surface area contributed by atoms with E-state index in [2.05, 4.69) is 0 Å². The minimum Gasteiger partial charge on any atom is -0.805 e. The Morgan fingerprint density at radius 2 is 2.00 bits per heavy atom. The highest BCUT2D eigenvalue weighted by Gasteiger charge is 1.99. The third kappa shape index (κ3) is 2.21. The zero-order chi connectivity index (χ0) is 6.78. The molecule has 0 saturated carbocycles. The number of carbonyl (C=O) groups is 1. The Balaban J connectivity index is 4.04. The van der Waals surface area contributed by atoms with E-state index in [1.54, 1.807) is 0 Å². The predicted molar refractivity (Wildman–Crippen MR) is 22.9 cm³/mol. The molecule has 0 aliphatic heterocycles. The summed E-state index contributed by atoms with van der Waals surface area (Å²) in [6, 6.07) is 0. The molecule has 0 aromatic rings. The van der Waals surface area contributed by atoms with Gasteiger partial charge in [0.15, 0.2) is 5.52 Å². The maximum atomic E-state index is 9.95. The fourth-order valence-corrected chi connectivity index (χ4v) is 0.581. The highest BCUT2D eigenvalue weighted by Crippen LogP contribution is 2.25. The van der Waals surface area contributed by atoms with Crippen LogP contribution >= 0.6 is 7.60 Å². The fourth-order valence-electron chi connectivity index (χ4n) is 0.194. The van der Waals surface area contributed by atoms with Crippen LogP contribution < -0.4 is 9.79 Å². The molecule has 0 rings (SSSR count). The smallest absolute Gasteiger partial charge is 0.162 e. The molecular formula is C3H5O4P-2. The molecule has 0 aliphatic carbocycles. The van der Waals surface area contributed by atoms with Crippen LogP contribution in [0, 0.1) is 0 Å². The molecule has 5 heteroatoms. The van der Waals surface area contributed by atoms with E-state index in [-0.39, 0.29) is 6.42 Å². The molecular weight excluding hydrogens is 131 g/mol. The van der Waals surface area contributed by atoms with Gasteiger partial charge in [-0.25, -0.2) is 0 Å². The minimum absolute atomic E-state index is 0.232. The molecule has 0 amide bonds. The molecule has 0 spiro atoms. The molecule has 0 heterocycles. The van der Waals surface area contributed by atoms with Crippen molar-refractivity contribution in [1.82, 2.24) is 0 Å². The average molecular weight is 136 g/mol. The minimum atomic E-state index is -4.90. The SMILES string of the molecule is CCC(=O)P(=O)([O-])[O-]. The lowest BCUT2D eigenvalue weighted by atomic mass is 10.6. The van der Waals surface area contributed by atoms with Gasteiger partial charge >= 0.3 is 0 Å². The van der Waals surface area contributed by atoms with Gasteiger partial charge in [-0.2, -0.15) is 0 Å². The normalized spacial score (nSPS) is 11.4.